The molecule has 0 amide bonds. The summed E-state index contributed by atoms with van der Waals surface area (Å²) in [5, 5.41) is 0. The van der Waals surface area contributed by atoms with Crippen molar-refractivity contribution in [2.75, 3.05) is 0 Å². The summed E-state index contributed by atoms with van der Waals surface area (Å²) in [6.45, 7) is 9.54. The van der Waals surface area contributed by atoms with Gasteiger partial charge in [0.05, 0.1) is 0 Å². The fraction of sp³-hybridized carbons (Fsp3) is 0.500. The van der Waals surface area contributed by atoms with Crippen LogP contribution in [-0.2, 0) is 0 Å². The molecule has 0 aromatic rings. The fourth-order valence-electron chi connectivity index (χ4n) is 0. The summed E-state index contributed by atoms with van der Waals surface area (Å²) in [5.74, 6) is 0. The van der Waals surface area contributed by atoms with Gasteiger partial charge in [0.15, 0.2) is 0 Å². The van der Waals surface area contributed by atoms with Crippen LogP contribution in [0.1, 0.15) is 27.2 Å². The molecule has 0 heterocycles. The Morgan fingerprint density at radius 3 is 1.50 bits per heavy atom. The summed E-state index contributed by atoms with van der Waals surface area (Å²) in [4.78, 5) is 0. The number of allylic oxidation sites excluding steroid dienone is 3. The van der Waals surface area contributed by atoms with E-state index < -0.39 is 0 Å². The summed E-state index contributed by atoms with van der Waals surface area (Å²) in [5.41, 5.74) is 0. The summed E-state index contributed by atoms with van der Waals surface area (Å²) < 4.78 is 0. The van der Waals surface area contributed by atoms with Crippen LogP contribution in [0.4, 0.5) is 0 Å². The zero-order chi connectivity index (χ0) is 6.83. The van der Waals surface area contributed by atoms with Gasteiger partial charge in [0, 0.05) is 0 Å². The van der Waals surface area contributed by atoms with Crippen LogP contribution in [0.3, 0.4) is 0 Å². The van der Waals surface area contributed by atoms with Gasteiger partial charge in [-0.3, -0.25) is 0 Å². The zero-order valence-corrected chi connectivity index (χ0v) is 6.15. The molecule has 0 atom stereocenters. The molecule has 0 aliphatic carbocycles. The molecule has 0 saturated carbocycles. The van der Waals surface area contributed by atoms with Gasteiger partial charge >= 0.3 is 0 Å². The Kier molecular flexibility index (Phi) is 21.0. The Balaban J connectivity index is 0. The van der Waals surface area contributed by atoms with Crippen molar-refractivity contribution in [3.63, 3.8) is 0 Å². The molecule has 0 unspecified atom stereocenters. The molecule has 0 spiro atoms. The van der Waals surface area contributed by atoms with Crippen molar-refractivity contribution < 1.29 is 0 Å². The lowest BCUT2D eigenvalue weighted by atomic mass is 10.5. The van der Waals surface area contributed by atoms with Gasteiger partial charge in [0.25, 0.3) is 0 Å². The highest BCUT2D eigenvalue weighted by molar-refractivity contribution is 4.68. The number of hydrogen-bond acceptors (Lipinski definition) is 0. The monoisotopic (exact) mass is 112 g/mol. The topological polar surface area (TPSA) is 0 Å². The maximum Gasteiger partial charge on any atom is -0.0382 e. The standard InChI is InChI=1S/2C4H8/c2*1-3-4-2/h3-4H,1-2H3;3H,1,4H2,2H3. The van der Waals surface area contributed by atoms with Crippen LogP contribution in [0.15, 0.2) is 24.8 Å². The number of rotatable bonds is 1. The van der Waals surface area contributed by atoms with E-state index in [9.17, 15) is 0 Å². The van der Waals surface area contributed by atoms with Crippen molar-refractivity contribution in [2.45, 2.75) is 27.2 Å². The van der Waals surface area contributed by atoms with Gasteiger partial charge in [-0.25, -0.2) is 0 Å². The molecule has 48 valence electrons. The van der Waals surface area contributed by atoms with Gasteiger partial charge in [0.2, 0.25) is 0 Å². The first-order valence-electron chi connectivity index (χ1n) is 3.01. The van der Waals surface area contributed by atoms with Crippen LogP contribution in [0.2, 0.25) is 0 Å². The second kappa shape index (κ2) is 16.1. The van der Waals surface area contributed by atoms with E-state index >= 15 is 0 Å². The van der Waals surface area contributed by atoms with Crippen molar-refractivity contribution in [3.05, 3.63) is 24.8 Å². The van der Waals surface area contributed by atoms with Crippen LogP contribution < -0.4 is 0 Å². The van der Waals surface area contributed by atoms with E-state index in [4.69, 9.17) is 0 Å². The average Bonchev–Trinajstić information content (AvgIpc) is 1.88. The van der Waals surface area contributed by atoms with Crippen molar-refractivity contribution in [2.24, 2.45) is 0 Å². The van der Waals surface area contributed by atoms with Crippen LogP contribution >= 0.6 is 0 Å². The molecule has 0 rings (SSSR count). The third-order valence-electron chi connectivity index (χ3n) is 0.622. The molecular formula is C8H16. The highest BCUT2D eigenvalue weighted by Crippen LogP contribution is 1.66. The molecule has 0 saturated heterocycles. The minimum absolute atomic E-state index is 1.08. The fourth-order valence-corrected chi connectivity index (χ4v) is 0. The molecule has 0 nitrogen and oxygen atoms in total. The lowest BCUT2D eigenvalue weighted by Gasteiger charge is -1.57. The van der Waals surface area contributed by atoms with Crippen LogP contribution in [-0.4, -0.2) is 0 Å². The SMILES string of the molecule is C=CCC.CC=CC. The summed E-state index contributed by atoms with van der Waals surface area (Å²) >= 11 is 0. The van der Waals surface area contributed by atoms with Crippen LogP contribution in [0.5, 0.6) is 0 Å². The Morgan fingerprint density at radius 1 is 1.25 bits per heavy atom. The Morgan fingerprint density at radius 2 is 1.50 bits per heavy atom. The normalized spacial score (nSPS) is 7.88. The maximum absolute atomic E-state index is 3.48. The lowest BCUT2D eigenvalue weighted by Crippen LogP contribution is -1.36. The van der Waals surface area contributed by atoms with Gasteiger partial charge in [-0.05, 0) is 20.3 Å². The molecule has 0 aliphatic heterocycles. The minimum atomic E-state index is 1.08. The quantitative estimate of drug-likeness (QED) is 0.457. The second-order valence-corrected chi connectivity index (χ2v) is 1.36. The molecular weight excluding hydrogens is 96.1 g/mol. The van der Waals surface area contributed by atoms with Gasteiger partial charge in [-0.2, -0.15) is 0 Å². The molecule has 0 aliphatic rings. The largest absolute Gasteiger partial charge is 0.103 e. The Hall–Kier alpha value is -0.520. The van der Waals surface area contributed by atoms with Crippen LogP contribution in [0, 0.1) is 0 Å². The zero-order valence-electron chi connectivity index (χ0n) is 6.15. The average molecular weight is 112 g/mol. The van der Waals surface area contributed by atoms with Gasteiger partial charge in [0.1, 0.15) is 0 Å². The first-order valence-corrected chi connectivity index (χ1v) is 3.01. The maximum atomic E-state index is 3.48. The molecule has 8 heavy (non-hydrogen) atoms. The Bertz CT molecular complexity index is 47.1. The van der Waals surface area contributed by atoms with Gasteiger partial charge in [-0.15, -0.1) is 6.58 Å². The van der Waals surface area contributed by atoms with Gasteiger partial charge in [-0.1, -0.05) is 25.2 Å². The highest BCUT2D eigenvalue weighted by Gasteiger charge is 1.45. The molecule has 0 radical (unpaired) electrons. The first kappa shape index (κ1) is 10.5. The van der Waals surface area contributed by atoms with E-state index in [-0.39, 0.29) is 0 Å². The smallest absolute Gasteiger partial charge is 0.0382 e. The van der Waals surface area contributed by atoms with Crippen molar-refractivity contribution in [3.8, 4) is 0 Å². The predicted molar refractivity (Wildman–Crippen MR) is 41.0 cm³/mol. The van der Waals surface area contributed by atoms with E-state index in [1.54, 1.807) is 0 Å². The third kappa shape index (κ3) is 50.2. The predicted octanol–water partition coefficient (Wildman–Crippen LogP) is 3.16. The van der Waals surface area contributed by atoms with Gasteiger partial charge < -0.3 is 0 Å². The molecule has 0 heteroatoms. The minimum Gasteiger partial charge on any atom is -0.103 e. The van der Waals surface area contributed by atoms with E-state index in [1.807, 2.05) is 32.1 Å². The molecule has 0 aromatic carbocycles. The van der Waals surface area contributed by atoms with Crippen molar-refractivity contribution in [1.82, 2.24) is 0 Å². The first-order chi connectivity index (χ1) is 3.83. The van der Waals surface area contributed by atoms with Crippen molar-refractivity contribution >= 4 is 0 Å². The molecule has 0 aromatic heterocycles. The van der Waals surface area contributed by atoms with E-state index in [0.717, 1.165) is 6.42 Å². The number of hydrogen-bond donors (Lipinski definition) is 0. The van der Waals surface area contributed by atoms with E-state index in [1.165, 1.54) is 0 Å². The van der Waals surface area contributed by atoms with Crippen LogP contribution in [0.25, 0.3) is 0 Å². The lowest BCUT2D eigenvalue weighted by molar-refractivity contribution is 1.23. The van der Waals surface area contributed by atoms with Crippen molar-refractivity contribution in [1.29, 1.82) is 0 Å². The Labute approximate surface area is 52.9 Å². The molecule has 0 bridgehead atoms. The summed E-state index contributed by atoms with van der Waals surface area (Å²) in [6, 6.07) is 0. The highest BCUT2D eigenvalue weighted by atomic mass is 13.5. The van der Waals surface area contributed by atoms with E-state index in [2.05, 4.69) is 13.5 Å². The third-order valence-corrected chi connectivity index (χ3v) is 0.622. The molecule has 0 fully saturated rings. The summed E-state index contributed by atoms with van der Waals surface area (Å²) in [7, 11) is 0. The molecule has 0 N–H and O–H groups in total. The summed E-state index contributed by atoms with van der Waals surface area (Å²) in [6.07, 6.45) is 6.96. The second-order valence-electron chi connectivity index (χ2n) is 1.36. The van der Waals surface area contributed by atoms with E-state index in [0.29, 0.717) is 0 Å².